The summed E-state index contributed by atoms with van der Waals surface area (Å²) in [5.41, 5.74) is 5.87. The van der Waals surface area contributed by atoms with Crippen LogP contribution in [0.3, 0.4) is 0 Å². The number of rotatable bonds is 4. The fourth-order valence-corrected chi connectivity index (χ4v) is 1.66. The van der Waals surface area contributed by atoms with Gasteiger partial charge in [-0.15, -0.1) is 0 Å². The normalized spacial score (nSPS) is 12.4. The maximum absolute atomic E-state index is 5.87. The van der Waals surface area contributed by atoms with Crippen LogP contribution in [0.2, 0.25) is 0 Å². The largest absolute Gasteiger partial charge is 0.383 e. The minimum absolute atomic E-state index is 0.307. The number of halogens is 1. The molecule has 0 aliphatic heterocycles. The van der Waals surface area contributed by atoms with Crippen molar-refractivity contribution in [3.05, 3.63) is 22.9 Å². The van der Waals surface area contributed by atoms with E-state index in [-0.39, 0.29) is 0 Å². The number of aromatic nitrogens is 4. The minimum Gasteiger partial charge on any atom is -0.383 e. The lowest BCUT2D eigenvalue weighted by Crippen LogP contribution is -2.17. The number of nitrogens with zero attached hydrogens (tertiary/aromatic N) is 4. The van der Waals surface area contributed by atoms with Crippen molar-refractivity contribution in [1.29, 1.82) is 0 Å². The van der Waals surface area contributed by atoms with Crippen molar-refractivity contribution in [1.82, 2.24) is 19.7 Å². The van der Waals surface area contributed by atoms with Crippen molar-refractivity contribution < 1.29 is 0 Å². The summed E-state index contributed by atoms with van der Waals surface area (Å²) in [6.07, 6.45) is 4.44. The predicted molar refractivity (Wildman–Crippen MR) is 74.6 cm³/mol. The zero-order chi connectivity index (χ0) is 13.1. The second-order valence-corrected chi connectivity index (χ2v) is 4.77. The number of nitrogens with two attached hydrogens (primary N) is 1. The summed E-state index contributed by atoms with van der Waals surface area (Å²) in [5.74, 6) is 1.52. The highest BCUT2D eigenvalue weighted by molar-refractivity contribution is 9.10. The lowest BCUT2D eigenvalue weighted by Gasteiger charge is -2.15. The fraction of sp³-hybridized carbons (Fsp3) is 0.364. The number of hydrogen-bond donors (Lipinski definition) is 2. The van der Waals surface area contributed by atoms with Crippen molar-refractivity contribution in [2.75, 3.05) is 11.1 Å². The zero-order valence-electron chi connectivity index (χ0n) is 10.3. The van der Waals surface area contributed by atoms with Crippen molar-refractivity contribution in [3.8, 4) is 5.95 Å². The maximum Gasteiger partial charge on any atom is 0.254 e. The van der Waals surface area contributed by atoms with E-state index in [9.17, 15) is 0 Å². The number of nitrogen functional groups attached to an aromatic ring is 1. The van der Waals surface area contributed by atoms with Crippen LogP contribution in [-0.4, -0.2) is 25.8 Å². The Balaban J connectivity index is 2.40. The van der Waals surface area contributed by atoms with Gasteiger partial charge in [0.05, 0.1) is 0 Å². The van der Waals surface area contributed by atoms with Crippen molar-refractivity contribution in [2.45, 2.75) is 26.3 Å². The fourth-order valence-electron chi connectivity index (χ4n) is 1.37. The summed E-state index contributed by atoms with van der Waals surface area (Å²) in [7, 11) is 0. The Bertz CT molecular complexity index is 525. The van der Waals surface area contributed by atoms with Crippen LogP contribution in [0.25, 0.3) is 5.95 Å². The van der Waals surface area contributed by atoms with Crippen LogP contribution in [0.1, 0.15) is 20.3 Å². The van der Waals surface area contributed by atoms with Crippen molar-refractivity contribution >= 4 is 27.6 Å². The van der Waals surface area contributed by atoms with Gasteiger partial charge in [0.1, 0.15) is 16.1 Å². The van der Waals surface area contributed by atoms with E-state index in [0.717, 1.165) is 6.42 Å². The molecule has 1 atom stereocenters. The van der Waals surface area contributed by atoms with Gasteiger partial charge in [-0.25, -0.2) is 4.68 Å². The van der Waals surface area contributed by atoms with E-state index in [0.29, 0.717) is 28.1 Å². The lowest BCUT2D eigenvalue weighted by molar-refractivity contribution is 0.750. The Morgan fingerprint density at radius 3 is 2.89 bits per heavy atom. The molecule has 0 aliphatic carbocycles. The van der Waals surface area contributed by atoms with E-state index < -0.39 is 0 Å². The van der Waals surface area contributed by atoms with E-state index in [2.05, 4.69) is 50.2 Å². The molecule has 0 spiro atoms. The van der Waals surface area contributed by atoms with Crippen molar-refractivity contribution in [2.24, 2.45) is 0 Å². The summed E-state index contributed by atoms with van der Waals surface area (Å²) in [4.78, 5) is 8.60. The molecule has 2 rings (SSSR count). The zero-order valence-corrected chi connectivity index (χ0v) is 11.8. The average Bonchev–Trinajstić information content (AvgIpc) is 2.88. The van der Waals surface area contributed by atoms with Gasteiger partial charge in [-0.2, -0.15) is 15.1 Å². The third kappa shape index (κ3) is 2.61. The van der Waals surface area contributed by atoms with Gasteiger partial charge < -0.3 is 11.1 Å². The van der Waals surface area contributed by atoms with E-state index in [1.165, 1.54) is 0 Å². The van der Waals surface area contributed by atoms with Crippen LogP contribution < -0.4 is 11.1 Å². The molecule has 0 unspecified atom stereocenters. The first-order valence-electron chi connectivity index (χ1n) is 5.71. The van der Waals surface area contributed by atoms with Gasteiger partial charge in [0.15, 0.2) is 0 Å². The second kappa shape index (κ2) is 5.34. The van der Waals surface area contributed by atoms with Crippen LogP contribution in [-0.2, 0) is 0 Å². The molecule has 96 valence electrons. The van der Waals surface area contributed by atoms with Crippen LogP contribution in [0, 0.1) is 0 Å². The van der Waals surface area contributed by atoms with Crippen LogP contribution in [0.5, 0.6) is 0 Å². The number of anilines is 2. The van der Waals surface area contributed by atoms with Gasteiger partial charge >= 0.3 is 0 Å². The summed E-state index contributed by atoms with van der Waals surface area (Å²) >= 11 is 3.39. The van der Waals surface area contributed by atoms with Gasteiger partial charge in [0, 0.05) is 18.4 Å². The molecule has 0 radical (unpaired) electrons. The van der Waals surface area contributed by atoms with E-state index in [1.807, 2.05) is 6.07 Å². The molecule has 0 amide bonds. The molecule has 0 aliphatic rings. The van der Waals surface area contributed by atoms with Gasteiger partial charge in [0.25, 0.3) is 5.95 Å². The maximum atomic E-state index is 5.87. The summed E-state index contributed by atoms with van der Waals surface area (Å²) in [6.45, 7) is 4.18. The van der Waals surface area contributed by atoms with Gasteiger partial charge in [-0.1, -0.05) is 6.92 Å². The number of hydrogen-bond acceptors (Lipinski definition) is 5. The molecule has 2 aromatic heterocycles. The summed E-state index contributed by atoms with van der Waals surface area (Å²) in [6, 6.07) is 2.12. The Labute approximate surface area is 114 Å². The first-order chi connectivity index (χ1) is 8.61. The highest BCUT2D eigenvalue weighted by Crippen LogP contribution is 2.26. The van der Waals surface area contributed by atoms with Crippen molar-refractivity contribution in [3.63, 3.8) is 0 Å². The van der Waals surface area contributed by atoms with Gasteiger partial charge in [0.2, 0.25) is 0 Å². The lowest BCUT2D eigenvalue weighted by atomic mass is 10.2. The van der Waals surface area contributed by atoms with Gasteiger partial charge in [-0.3, -0.25) is 0 Å². The Kier molecular flexibility index (Phi) is 3.81. The molecule has 6 nitrogen and oxygen atoms in total. The molecule has 18 heavy (non-hydrogen) atoms. The van der Waals surface area contributed by atoms with E-state index >= 15 is 0 Å². The molecule has 0 aromatic carbocycles. The van der Waals surface area contributed by atoms with E-state index in [1.54, 1.807) is 17.1 Å². The Morgan fingerprint density at radius 2 is 2.28 bits per heavy atom. The Morgan fingerprint density at radius 1 is 1.50 bits per heavy atom. The minimum atomic E-state index is 0.307. The molecule has 3 N–H and O–H groups in total. The first-order valence-corrected chi connectivity index (χ1v) is 6.50. The van der Waals surface area contributed by atoms with E-state index in [4.69, 9.17) is 5.73 Å². The SMILES string of the molecule is CC[C@H](C)Nc1nc(-n2cccn2)nc(N)c1Br. The third-order valence-corrected chi connectivity index (χ3v) is 3.35. The van der Waals surface area contributed by atoms with Crippen LogP contribution in [0.15, 0.2) is 22.9 Å². The van der Waals surface area contributed by atoms with Crippen LogP contribution >= 0.6 is 15.9 Å². The topological polar surface area (TPSA) is 81.7 Å². The highest BCUT2D eigenvalue weighted by atomic mass is 79.9. The molecular formula is C11H15BrN6. The molecule has 7 heteroatoms. The van der Waals surface area contributed by atoms with Crippen LogP contribution in [0.4, 0.5) is 11.6 Å². The molecule has 2 aromatic rings. The molecular weight excluding hydrogens is 296 g/mol. The number of nitrogens with one attached hydrogen (secondary N) is 1. The smallest absolute Gasteiger partial charge is 0.254 e. The predicted octanol–water partition coefficient (Wildman–Crippen LogP) is 2.22. The first kappa shape index (κ1) is 12.8. The average molecular weight is 311 g/mol. The molecule has 0 bridgehead atoms. The standard InChI is InChI=1S/C11H15BrN6/c1-3-7(2)15-10-8(12)9(13)16-11(17-10)18-6-4-5-14-18/h4-7H,3H2,1-2H3,(H3,13,15,16,17)/t7-/m0/s1. The quantitative estimate of drug-likeness (QED) is 0.905. The van der Waals surface area contributed by atoms with Gasteiger partial charge in [-0.05, 0) is 35.3 Å². The summed E-state index contributed by atoms with van der Waals surface area (Å²) < 4.78 is 2.25. The second-order valence-electron chi connectivity index (χ2n) is 3.98. The monoisotopic (exact) mass is 310 g/mol. The Hall–Kier alpha value is -1.63. The third-order valence-electron chi connectivity index (χ3n) is 2.57. The molecule has 0 fully saturated rings. The molecule has 0 saturated carbocycles. The molecule has 2 heterocycles. The summed E-state index contributed by atoms with van der Waals surface area (Å²) in [5, 5.41) is 7.37. The highest BCUT2D eigenvalue weighted by Gasteiger charge is 2.12. The molecule has 0 saturated heterocycles.